The molecule has 1 aromatic carbocycles. The van der Waals surface area contributed by atoms with Crippen LogP contribution in [0.3, 0.4) is 0 Å². The van der Waals surface area contributed by atoms with Gasteiger partial charge in [0.2, 0.25) is 0 Å². The maximum Gasteiger partial charge on any atom is 0.288 e. The standard InChI is InChI=1S/C10H10F2OS/c11-10(12)14-9-5-3-8(4-6-9)2-1-7-13/h1-6,10,13H,7H2/b2-1+. The van der Waals surface area contributed by atoms with E-state index in [1.165, 1.54) is 0 Å². The van der Waals surface area contributed by atoms with Gasteiger partial charge < -0.3 is 5.11 Å². The van der Waals surface area contributed by atoms with Crippen LogP contribution in [-0.2, 0) is 0 Å². The predicted octanol–water partition coefficient (Wildman–Crippen LogP) is 3.01. The zero-order chi connectivity index (χ0) is 10.4. The van der Waals surface area contributed by atoms with E-state index in [4.69, 9.17) is 5.11 Å². The second kappa shape index (κ2) is 5.78. The maximum absolute atomic E-state index is 11.9. The fraction of sp³-hybridized carbons (Fsp3) is 0.200. The molecule has 0 bridgehead atoms. The number of halogens is 2. The Balaban J connectivity index is 2.64. The van der Waals surface area contributed by atoms with Crippen molar-refractivity contribution in [2.45, 2.75) is 10.7 Å². The van der Waals surface area contributed by atoms with Gasteiger partial charge in [0.25, 0.3) is 5.76 Å². The van der Waals surface area contributed by atoms with Gasteiger partial charge in [0.15, 0.2) is 0 Å². The normalized spacial score (nSPS) is 11.4. The molecule has 1 aromatic rings. The van der Waals surface area contributed by atoms with Crippen molar-refractivity contribution in [2.24, 2.45) is 0 Å². The lowest BCUT2D eigenvalue weighted by molar-refractivity contribution is 0.252. The van der Waals surface area contributed by atoms with Gasteiger partial charge in [-0.1, -0.05) is 36.0 Å². The van der Waals surface area contributed by atoms with Crippen molar-refractivity contribution >= 4 is 17.8 Å². The summed E-state index contributed by atoms with van der Waals surface area (Å²) in [6.45, 7) is -0.0203. The van der Waals surface area contributed by atoms with E-state index < -0.39 is 5.76 Å². The van der Waals surface area contributed by atoms with Crippen molar-refractivity contribution in [1.82, 2.24) is 0 Å². The number of aliphatic hydroxyl groups is 1. The van der Waals surface area contributed by atoms with E-state index in [9.17, 15) is 8.78 Å². The van der Waals surface area contributed by atoms with E-state index in [1.54, 1.807) is 36.4 Å². The Kier molecular flexibility index (Phi) is 4.62. The van der Waals surface area contributed by atoms with Gasteiger partial charge in [-0.15, -0.1) is 0 Å². The molecule has 0 aliphatic carbocycles. The third-order valence-electron chi connectivity index (χ3n) is 1.52. The lowest BCUT2D eigenvalue weighted by Crippen LogP contribution is -1.81. The van der Waals surface area contributed by atoms with Crippen LogP contribution >= 0.6 is 11.8 Å². The summed E-state index contributed by atoms with van der Waals surface area (Å²) < 4.78 is 23.9. The zero-order valence-corrected chi connectivity index (χ0v) is 8.18. The van der Waals surface area contributed by atoms with Gasteiger partial charge in [-0.3, -0.25) is 0 Å². The largest absolute Gasteiger partial charge is 0.392 e. The molecule has 0 spiro atoms. The maximum atomic E-state index is 11.9. The number of thioether (sulfide) groups is 1. The third-order valence-corrected chi connectivity index (χ3v) is 2.24. The summed E-state index contributed by atoms with van der Waals surface area (Å²) in [5.74, 6) is -2.38. The highest BCUT2D eigenvalue weighted by Crippen LogP contribution is 2.25. The van der Waals surface area contributed by atoms with Crippen molar-refractivity contribution in [3.63, 3.8) is 0 Å². The van der Waals surface area contributed by atoms with Gasteiger partial charge in [-0.05, 0) is 17.7 Å². The summed E-state index contributed by atoms with van der Waals surface area (Å²) in [5, 5.41) is 8.51. The Bertz CT molecular complexity index is 295. The molecule has 4 heteroatoms. The monoisotopic (exact) mass is 216 g/mol. The van der Waals surface area contributed by atoms with Crippen molar-refractivity contribution in [2.75, 3.05) is 6.61 Å². The number of rotatable bonds is 4. The van der Waals surface area contributed by atoms with Crippen LogP contribution in [0.5, 0.6) is 0 Å². The smallest absolute Gasteiger partial charge is 0.288 e. The van der Waals surface area contributed by atoms with E-state index >= 15 is 0 Å². The van der Waals surface area contributed by atoms with Gasteiger partial charge in [-0.25, -0.2) is 0 Å². The molecule has 1 nitrogen and oxygen atoms in total. The molecule has 0 atom stereocenters. The number of aliphatic hydroxyl groups excluding tert-OH is 1. The lowest BCUT2D eigenvalue weighted by Gasteiger charge is -1.99. The molecule has 0 aromatic heterocycles. The number of hydrogen-bond donors (Lipinski definition) is 1. The summed E-state index contributed by atoms with van der Waals surface area (Å²) in [6.07, 6.45) is 3.33. The lowest BCUT2D eigenvalue weighted by atomic mass is 10.2. The van der Waals surface area contributed by atoms with E-state index in [0.29, 0.717) is 16.7 Å². The zero-order valence-electron chi connectivity index (χ0n) is 7.36. The number of alkyl halides is 2. The molecule has 0 fully saturated rings. The summed E-state index contributed by atoms with van der Waals surface area (Å²) in [4.78, 5) is 0.543. The van der Waals surface area contributed by atoms with Crippen LogP contribution in [0, 0.1) is 0 Å². The van der Waals surface area contributed by atoms with Gasteiger partial charge in [0.1, 0.15) is 0 Å². The SMILES string of the molecule is OC/C=C/c1ccc(SC(F)F)cc1. The number of benzene rings is 1. The first-order valence-electron chi connectivity index (χ1n) is 4.04. The second-order valence-corrected chi connectivity index (χ2v) is 3.60. The highest BCUT2D eigenvalue weighted by Gasteiger charge is 2.03. The van der Waals surface area contributed by atoms with Crippen molar-refractivity contribution in [3.05, 3.63) is 35.9 Å². The molecule has 1 rings (SSSR count). The van der Waals surface area contributed by atoms with Crippen LogP contribution in [0.2, 0.25) is 0 Å². The molecular weight excluding hydrogens is 206 g/mol. The molecular formula is C10H10F2OS. The molecule has 0 saturated carbocycles. The van der Waals surface area contributed by atoms with Crippen LogP contribution in [0.4, 0.5) is 8.78 Å². The Hall–Kier alpha value is -0.870. The summed E-state index contributed by atoms with van der Waals surface area (Å²) in [6, 6.07) is 6.73. The van der Waals surface area contributed by atoms with Crippen LogP contribution in [-0.4, -0.2) is 17.5 Å². The molecule has 0 aliphatic heterocycles. The minimum Gasteiger partial charge on any atom is -0.392 e. The van der Waals surface area contributed by atoms with Gasteiger partial charge in [0.05, 0.1) is 6.61 Å². The first kappa shape index (κ1) is 11.2. The summed E-state index contributed by atoms with van der Waals surface area (Å²) in [5.41, 5.74) is 0.887. The fourth-order valence-electron chi connectivity index (χ4n) is 0.949. The van der Waals surface area contributed by atoms with Crippen LogP contribution in [0.1, 0.15) is 5.56 Å². The highest BCUT2D eigenvalue weighted by molar-refractivity contribution is 7.99. The van der Waals surface area contributed by atoms with Gasteiger partial charge in [0, 0.05) is 4.90 Å². The van der Waals surface area contributed by atoms with E-state index in [2.05, 4.69) is 0 Å². The Morgan fingerprint density at radius 3 is 2.43 bits per heavy atom. The van der Waals surface area contributed by atoms with Gasteiger partial charge in [-0.2, -0.15) is 8.78 Å². The first-order chi connectivity index (χ1) is 6.72. The molecule has 0 radical (unpaired) electrons. The molecule has 0 saturated heterocycles. The molecule has 0 heterocycles. The average molecular weight is 216 g/mol. The van der Waals surface area contributed by atoms with Crippen LogP contribution in [0.15, 0.2) is 35.2 Å². The molecule has 76 valence electrons. The minimum absolute atomic E-state index is 0.0203. The Morgan fingerprint density at radius 2 is 1.93 bits per heavy atom. The molecule has 0 aliphatic rings. The van der Waals surface area contributed by atoms with Crippen LogP contribution < -0.4 is 0 Å². The summed E-state index contributed by atoms with van der Waals surface area (Å²) in [7, 11) is 0. The second-order valence-electron chi connectivity index (χ2n) is 2.53. The topological polar surface area (TPSA) is 20.2 Å². The third kappa shape index (κ3) is 3.89. The first-order valence-corrected chi connectivity index (χ1v) is 4.92. The number of hydrogen-bond acceptors (Lipinski definition) is 2. The quantitative estimate of drug-likeness (QED) is 0.781. The van der Waals surface area contributed by atoms with E-state index in [0.717, 1.165) is 5.56 Å². The van der Waals surface area contributed by atoms with Gasteiger partial charge >= 0.3 is 0 Å². The fourth-order valence-corrected chi connectivity index (χ4v) is 1.45. The highest BCUT2D eigenvalue weighted by atomic mass is 32.2. The van der Waals surface area contributed by atoms with E-state index in [1.807, 2.05) is 0 Å². The molecule has 0 amide bonds. The molecule has 14 heavy (non-hydrogen) atoms. The Labute approximate surface area is 85.4 Å². The molecule has 0 unspecified atom stereocenters. The van der Waals surface area contributed by atoms with Crippen molar-refractivity contribution in [1.29, 1.82) is 0 Å². The average Bonchev–Trinajstić information content (AvgIpc) is 2.16. The van der Waals surface area contributed by atoms with Crippen LogP contribution in [0.25, 0.3) is 6.08 Å². The Morgan fingerprint density at radius 1 is 1.29 bits per heavy atom. The molecule has 1 N–H and O–H groups in total. The predicted molar refractivity (Wildman–Crippen MR) is 54.4 cm³/mol. The van der Waals surface area contributed by atoms with E-state index in [-0.39, 0.29) is 6.61 Å². The van der Waals surface area contributed by atoms with Crippen molar-refractivity contribution in [3.8, 4) is 0 Å². The minimum atomic E-state index is -2.38. The van der Waals surface area contributed by atoms with Crippen molar-refractivity contribution < 1.29 is 13.9 Å². The summed E-state index contributed by atoms with van der Waals surface area (Å²) >= 11 is 0.524.